The fourth-order valence-electron chi connectivity index (χ4n) is 2.74. The molecule has 24 heavy (non-hydrogen) atoms. The maximum absolute atomic E-state index is 12.5. The molecule has 130 valence electrons. The third-order valence-electron chi connectivity index (χ3n) is 4.36. The highest BCUT2D eigenvalue weighted by Gasteiger charge is 2.57. The second-order valence-electron chi connectivity index (χ2n) is 6.24. The van der Waals surface area contributed by atoms with Gasteiger partial charge in [-0.1, -0.05) is 23.2 Å². The van der Waals surface area contributed by atoms with E-state index in [1.165, 1.54) is 6.07 Å². The molecule has 3 rings (SSSR count). The Morgan fingerprint density at radius 3 is 2.38 bits per heavy atom. The van der Waals surface area contributed by atoms with Gasteiger partial charge >= 0.3 is 0 Å². The summed E-state index contributed by atoms with van der Waals surface area (Å²) in [6.45, 7) is 0. The van der Waals surface area contributed by atoms with Crippen molar-refractivity contribution >= 4 is 50.5 Å². The Balaban J connectivity index is 1.65. The molecule has 2 N–H and O–H groups in total. The van der Waals surface area contributed by atoms with Gasteiger partial charge in [-0.15, -0.1) is 0 Å². The molecule has 1 atom stereocenters. The summed E-state index contributed by atoms with van der Waals surface area (Å²) in [5, 5.41) is 6.05. The third-order valence-corrected chi connectivity index (χ3v) is 6.87. The van der Waals surface area contributed by atoms with E-state index in [2.05, 4.69) is 10.6 Å². The Labute approximate surface area is 149 Å². The van der Waals surface area contributed by atoms with Crippen molar-refractivity contribution in [2.75, 3.05) is 16.8 Å². The number of halogens is 2. The van der Waals surface area contributed by atoms with Crippen LogP contribution in [0.1, 0.15) is 19.3 Å². The van der Waals surface area contributed by atoms with Gasteiger partial charge in [0.1, 0.15) is 5.41 Å². The molecule has 6 nitrogen and oxygen atoms in total. The highest BCUT2D eigenvalue weighted by atomic mass is 35.5. The van der Waals surface area contributed by atoms with E-state index in [1.54, 1.807) is 12.1 Å². The van der Waals surface area contributed by atoms with E-state index in [9.17, 15) is 18.0 Å². The van der Waals surface area contributed by atoms with Crippen LogP contribution in [0.15, 0.2) is 18.2 Å². The lowest BCUT2D eigenvalue weighted by Crippen LogP contribution is -2.45. The lowest BCUT2D eigenvalue weighted by atomic mass is 10.0. The first-order chi connectivity index (χ1) is 11.2. The number of sulfone groups is 1. The van der Waals surface area contributed by atoms with Gasteiger partial charge in [-0.2, -0.15) is 0 Å². The predicted molar refractivity (Wildman–Crippen MR) is 92.0 cm³/mol. The van der Waals surface area contributed by atoms with Gasteiger partial charge in [0.2, 0.25) is 11.8 Å². The summed E-state index contributed by atoms with van der Waals surface area (Å²) in [4.78, 5) is 24.9. The fraction of sp³-hybridized carbons (Fsp3) is 0.467. The number of hydrogen-bond acceptors (Lipinski definition) is 4. The van der Waals surface area contributed by atoms with E-state index in [-0.39, 0.29) is 11.5 Å². The zero-order valence-corrected chi connectivity index (χ0v) is 15.0. The first-order valence-electron chi connectivity index (χ1n) is 7.50. The molecule has 1 aliphatic heterocycles. The molecule has 2 fully saturated rings. The first kappa shape index (κ1) is 17.5. The van der Waals surface area contributed by atoms with Crippen LogP contribution in [0.2, 0.25) is 10.0 Å². The van der Waals surface area contributed by atoms with E-state index >= 15 is 0 Å². The molecule has 2 amide bonds. The fourth-order valence-corrected chi connectivity index (χ4v) is 4.71. The zero-order chi connectivity index (χ0) is 17.5. The number of amides is 2. The molecule has 0 radical (unpaired) electrons. The number of carbonyl (C=O) groups excluding carboxylic acids is 2. The Morgan fingerprint density at radius 2 is 1.83 bits per heavy atom. The Bertz CT molecular complexity index is 806. The van der Waals surface area contributed by atoms with E-state index in [0.717, 1.165) is 0 Å². The van der Waals surface area contributed by atoms with Gasteiger partial charge < -0.3 is 10.6 Å². The molecule has 1 saturated carbocycles. The standard InChI is InChI=1S/C15H16Cl2N2O4S/c16-11-2-1-9(7-12(11)17)18-13(20)15(4-5-15)14(21)19-10-3-6-24(22,23)8-10/h1-2,7,10H,3-6,8H2,(H,18,20)(H,19,21). The van der Waals surface area contributed by atoms with Crippen molar-refractivity contribution in [3.05, 3.63) is 28.2 Å². The number of anilines is 1. The van der Waals surface area contributed by atoms with Crippen LogP contribution in [0, 0.1) is 5.41 Å². The number of nitrogens with one attached hydrogen (secondary N) is 2. The Kier molecular flexibility index (Phi) is 4.53. The highest BCUT2D eigenvalue weighted by Crippen LogP contribution is 2.47. The van der Waals surface area contributed by atoms with Crippen molar-refractivity contribution in [2.45, 2.75) is 25.3 Å². The first-order valence-corrected chi connectivity index (χ1v) is 10.1. The van der Waals surface area contributed by atoms with Gasteiger partial charge in [-0.3, -0.25) is 9.59 Å². The quantitative estimate of drug-likeness (QED) is 0.769. The maximum atomic E-state index is 12.5. The number of benzene rings is 1. The van der Waals surface area contributed by atoms with Crippen LogP contribution in [0.3, 0.4) is 0 Å². The topological polar surface area (TPSA) is 92.3 Å². The van der Waals surface area contributed by atoms with Gasteiger partial charge in [0.05, 0.1) is 21.6 Å². The third kappa shape index (κ3) is 3.53. The lowest BCUT2D eigenvalue weighted by Gasteiger charge is -2.18. The molecule has 1 heterocycles. The van der Waals surface area contributed by atoms with Gasteiger partial charge in [0, 0.05) is 11.7 Å². The molecule has 0 bridgehead atoms. The second-order valence-corrected chi connectivity index (χ2v) is 9.28. The Hall–Kier alpha value is -1.31. The summed E-state index contributed by atoms with van der Waals surface area (Å²) in [5.74, 6) is -0.828. The van der Waals surface area contributed by atoms with Crippen molar-refractivity contribution < 1.29 is 18.0 Å². The van der Waals surface area contributed by atoms with Crippen molar-refractivity contribution in [1.29, 1.82) is 0 Å². The molecule has 2 aliphatic rings. The largest absolute Gasteiger partial charge is 0.351 e. The smallest absolute Gasteiger partial charge is 0.240 e. The van der Waals surface area contributed by atoms with Crippen molar-refractivity contribution in [1.82, 2.24) is 5.32 Å². The summed E-state index contributed by atoms with van der Waals surface area (Å²) < 4.78 is 22.9. The predicted octanol–water partition coefficient (Wildman–Crippen LogP) is 2.02. The molecule has 1 saturated heterocycles. The molecule has 9 heteroatoms. The molecule has 1 aromatic rings. The molecular formula is C15H16Cl2N2O4S. The number of carbonyl (C=O) groups is 2. The van der Waals surface area contributed by atoms with Crippen LogP contribution in [-0.2, 0) is 19.4 Å². The van der Waals surface area contributed by atoms with E-state index in [1.807, 2.05) is 0 Å². The van der Waals surface area contributed by atoms with Crippen LogP contribution in [0.5, 0.6) is 0 Å². The lowest BCUT2D eigenvalue weighted by molar-refractivity contribution is -0.134. The normalized spacial score (nSPS) is 23.5. The van der Waals surface area contributed by atoms with Crippen molar-refractivity contribution in [2.24, 2.45) is 5.41 Å². The van der Waals surface area contributed by atoms with Crippen molar-refractivity contribution in [3.63, 3.8) is 0 Å². The SMILES string of the molecule is O=C(Nc1ccc(Cl)c(Cl)c1)C1(C(=O)NC2CCS(=O)(=O)C2)CC1. The molecular weight excluding hydrogens is 375 g/mol. The Morgan fingerprint density at radius 1 is 1.12 bits per heavy atom. The monoisotopic (exact) mass is 390 g/mol. The summed E-state index contributed by atoms with van der Waals surface area (Å²) in [6.07, 6.45) is 1.26. The van der Waals surface area contributed by atoms with Crippen LogP contribution < -0.4 is 10.6 Å². The van der Waals surface area contributed by atoms with Gasteiger partial charge in [0.15, 0.2) is 9.84 Å². The minimum atomic E-state index is -3.09. The van der Waals surface area contributed by atoms with Crippen molar-refractivity contribution in [3.8, 4) is 0 Å². The molecule has 0 spiro atoms. The number of rotatable bonds is 4. The van der Waals surface area contributed by atoms with Crippen LogP contribution in [0.4, 0.5) is 5.69 Å². The minimum Gasteiger partial charge on any atom is -0.351 e. The summed E-state index contributed by atoms with van der Waals surface area (Å²) in [7, 11) is -3.09. The van der Waals surface area contributed by atoms with Gasteiger partial charge in [-0.25, -0.2) is 8.42 Å². The summed E-state index contributed by atoms with van der Waals surface area (Å²) in [6, 6.07) is 4.25. The molecule has 1 unspecified atom stereocenters. The van der Waals surface area contributed by atoms with Crippen LogP contribution in [-0.4, -0.2) is 37.8 Å². The summed E-state index contributed by atoms with van der Waals surface area (Å²) in [5.41, 5.74) is -0.671. The minimum absolute atomic E-state index is 0.0662. The zero-order valence-electron chi connectivity index (χ0n) is 12.6. The number of hydrogen-bond donors (Lipinski definition) is 2. The van der Waals surface area contributed by atoms with E-state index in [4.69, 9.17) is 23.2 Å². The molecule has 1 aliphatic carbocycles. The highest BCUT2D eigenvalue weighted by molar-refractivity contribution is 7.91. The molecule has 1 aromatic carbocycles. The average molecular weight is 391 g/mol. The van der Waals surface area contributed by atoms with Gasteiger partial charge in [-0.05, 0) is 37.5 Å². The van der Waals surface area contributed by atoms with E-state index < -0.39 is 33.1 Å². The van der Waals surface area contributed by atoms with E-state index in [0.29, 0.717) is 35.0 Å². The second kappa shape index (κ2) is 6.20. The average Bonchev–Trinajstić information content (AvgIpc) is 3.24. The maximum Gasteiger partial charge on any atom is 0.240 e. The van der Waals surface area contributed by atoms with Crippen LogP contribution >= 0.6 is 23.2 Å². The molecule has 0 aromatic heterocycles. The summed E-state index contributed by atoms with van der Waals surface area (Å²) >= 11 is 11.7. The van der Waals surface area contributed by atoms with Gasteiger partial charge in [0.25, 0.3) is 0 Å². The van der Waals surface area contributed by atoms with Crippen LogP contribution in [0.25, 0.3) is 0 Å².